The third-order valence-electron chi connectivity index (χ3n) is 3.90. The Morgan fingerprint density at radius 3 is 2.00 bits per heavy atom. The number of hydrogen-bond acceptors (Lipinski definition) is 8. The number of amides is 4. The predicted octanol–water partition coefficient (Wildman–Crippen LogP) is -0.536. The molecule has 5 N–H and O–H groups in total. The van der Waals surface area contributed by atoms with Gasteiger partial charge in [0.25, 0.3) is 5.69 Å². The van der Waals surface area contributed by atoms with Crippen molar-refractivity contribution in [2.45, 2.75) is 38.8 Å². The van der Waals surface area contributed by atoms with Crippen molar-refractivity contribution in [3.8, 4) is 0 Å². The standard InChI is InChI=1S/C20H27N5O9/c1-20(2,3)34-19(31)24-14(8-12-4-6-13(7-5-12)25(32)33)18(30)23-10-16(27)21-9-15(26)22-11-17(28)29/h4-7,14H,8-11H2,1-3H3,(H,21,27)(H,22,26)(H,23,30)(H,24,31)(H,28,29)/t14-/m0/s1. The van der Waals surface area contributed by atoms with Crippen LogP contribution in [0.2, 0.25) is 0 Å². The Bertz CT molecular complexity index is 925. The number of carboxylic acids is 1. The molecule has 1 aromatic rings. The van der Waals surface area contributed by atoms with Crippen LogP contribution in [0.1, 0.15) is 26.3 Å². The van der Waals surface area contributed by atoms with Crippen LogP contribution in [0.5, 0.6) is 0 Å². The monoisotopic (exact) mass is 481 g/mol. The number of nitrogens with zero attached hydrogens (tertiary/aromatic N) is 1. The van der Waals surface area contributed by atoms with Crippen molar-refractivity contribution in [2.24, 2.45) is 0 Å². The summed E-state index contributed by atoms with van der Waals surface area (Å²) in [5.74, 6) is -3.45. The van der Waals surface area contributed by atoms with Gasteiger partial charge in [-0.2, -0.15) is 0 Å². The van der Waals surface area contributed by atoms with Crippen molar-refractivity contribution in [1.29, 1.82) is 0 Å². The highest BCUT2D eigenvalue weighted by Crippen LogP contribution is 2.14. The molecule has 0 aromatic heterocycles. The van der Waals surface area contributed by atoms with E-state index in [0.29, 0.717) is 5.56 Å². The van der Waals surface area contributed by atoms with E-state index in [1.165, 1.54) is 24.3 Å². The van der Waals surface area contributed by atoms with Gasteiger partial charge < -0.3 is 31.1 Å². The Hall–Kier alpha value is -4.23. The van der Waals surface area contributed by atoms with Crippen LogP contribution < -0.4 is 21.3 Å². The number of nitro benzene ring substituents is 1. The lowest BCUT2D eigenvalue weighted by Gasteiger charge is -2.23. The first-order valence-corrected chi connectivity index (χ1v) is 10.0. The molecule has 0 bridgehead atoms. The first kappa shape index (κ1) is 27.8. The van der Waals surface area contributed by atoms with E-state index in [4.69, 9.17) is 9.84 Å². The van der Waals surface area contributed by atoms with E-state index >= 15 is 0 Å². The first-order valence-electron chi connectivity index (χ1n) is 10.0. The predicted molar refractivity (Wildman–Crippen MR) is 117 cm³/mol. The number of ether oxygens (including phenoxy) is 1. The fraction of sp³-hybridized carbons (Fsp3) is 0.450. The zero-order valence-electron chi connectivity index (χ0n) is 18.9. The van der Waals surface area contributed by atoms with Crippen molar-refractivity contribution in [3.05, 3.63) is 39.9 Å². The molecule has 0 unspecified atom stereocenters. The number of carbonyl (C=O) groups is 5. The lowest BCUT2D eigenvalue weighted by molar-refractivity contribution is -0.384. The largest absolute Gasteiger partial charge is 0.480 e. The molecule has 0 radical (unpaired) electrons. The molecule has 14 nitrogen and oxygen atoms in total. The summed E-state index contributed by atoms with van der Waals surface area (Å²) in [5, 5.41) is 28.3. The van der Waals surface area contributed by atoms with Crippen molar-refractivity contribution < 1.29 is 38.7 Å². The molecule has 4 amide bonds. The second-order valence-electron chi connectivity index (χ2n) is 7.99. The smallest absolute Gasteiger partial charge is 0.408 e. The molecule has 0 spiro atoms. The maximum atomic E-state index is 12.6. The van der Waals surface area contributed by atoms with Gasteiger partial charge >= 0.3 is 12.1 Å². The molecule has 14 heteroatoms. The molecule has 34 heavy (non-hydrogen) atoms. The fourth-order valence-corrected chi connectivity index (χ4v) is 2.42. The quantitative estimate of drug-likeness (QED) is 0.203. The third-order valence-corrected chi connectivity index (χ3v) is 3.90. The topological polar surface area (TPSA) is 206 Å². The Labute approximate surface area is 194 Å². The maximum Gasteiger partial charge on any atom is 0.408 e. The molecular weight excluding hydrogens is 454 g/mol. The van der Waals surface area contributed by atoms with Gasteiger partial charge in [-0.3, -0.25) is 29.3 Å². The SMILES string of the molecule is CC(C)(C)OC(=O)N[C@@H](Cc1ccc([N+](=O)[O-])cc1)C(=O)NCC(=O)NCC(=O)NCC(=O)O. The van der Waals surface area contributed by atoms with E-state index in [-0.39, 0.29) is 12.1 Å². The lowest BCUT2D eigenvalue weighted by Crippen LogP contribution is -2.51. The highest BCUT2D eigenvalue weighted by Gasteiger charge is 2.25. The molecule has 0 saturated heterocycles. The van der Waals surface area contributed by atoms with Crippen LogP contribution in [0, 0.1) is 10.1 Å². The molecule has 186 valence electrons. The van der Waals surface area contributed by atoms with Crippen LogP contribution in [0.4, 0.5) is 10.5 Å². The Morgan fingerprint density at radius 1 is 0.971 bits per heavy atom. The normalized spacial score (nSPS) is 11.5. The molecule has 0 fully saturated rings. The molecule has 0 aliphatic carbocycles. The zero-order chi connectivity index (χ0) is 25.9. The summed E-state index contributed by atoms with van der Waals surface area (Å²) in [5.41, 5.74) is -0.477. The highest BCUT2D eigenvalue weighted by molar-refractivity contribution is 5.91. The number of alkyl carbamates (subject to hydrolysis) is 1. The zero-order valence-corrected chi connectivity index (χ0v) is 18.9. The van der Waals surface area contributed by atoms with Gasteiger partial charge in [-0.1, -0.05) is 12.1 Å². The molecule has 0 aliphatic heterocycles. The van der Waals surface area contributed by atoms with Gasteiger partial charge in [0.1, 0.15) is 18.2 Å². The first-order chi connectivity index (χ1) is 15.8. The van der Waals surface area contributed by atoms with Crippen LogP contribution in [0.15, 0.2) is 24.3 Å². The van der Waals surface area contributed by atoms with Gasteiger partial charge in [-0.05, 0) is 26.3 Å². The molecular formula is C20H27N5O9. The van der Waals surface area contributed by atoms with Crippen LogP contribution in [0.3, 0.4) is 0 Å². The number of carbonyl (C=O) groups excluding carboxylic acids is 4. The number of hydrogen-bond donors (Lipinski definition) is 5. The maximum absolute atomic E-state index is 12.6. The van der Waals surface area contributed by atoms with E-state index in [0.717, 1.165) is 0 Å². The minimum Gasteiger partial charge on any atom is -0.480 e. The van der Waals surface area contributed by atoms with Gasteiger partial charge in [0.05, 0.1) is 18.0 Å². The minimum absolute atomic E-state index is 0.0533. The summed E-state index contributed by atoms with van der Waals surface area (Å²) >= 11 is 0. The number of nitro groups is 1. The Morgan fingerprint density at radius 2 is 1.50 bits per heavy atom. The average Bonchev–Trinajstić information content (AvgIpc) is 2.73. The summed E-state index contributed by atoms with van der Waals surface area (Å²) in [4.78, 5) is 68.7. The number of carboxylic acid groups (broad SMARTS) is 1. The summed E-state index contributed by atoms with van der Waals surface area (Å²) in [6.45, 7) is 3.27. The van der Waals surface area contributed by atoms with Gasteiger partial charge in [0, 0.05) is 18.6 Å². The molecule has 1 atom stereocenters. The van der Waals surface area contributed by atoms with Crippen LogP contribution in [-0.4, -0.2) is 71.1 Å². The van der Waals surface area contributed by atoms with Crippen molar-refractivity contribution in [3.63, 3.8) is 0 Å². The van der Waals surface area contributed by atoms with Crippen LogP contribution in [-0.2, 0) is 30.3 Å². The number of aliphatic carboxylic acids is 1. The molecule has 1 aromatic carbocycles. The fourth-order valence-electron chi connectivity index (χ4n) is 2.42. The summed E-state index contributed by atoms with van der Waals surface area (Å²) < 4.78 is 5.15. The lowest BCUT2D eigenvalue weighted by atomic mass is 10.0. The molecule has 1 rings (SSSR count). The molecule has 0 heterocycles. The Balaban J connectivity index is 2.74. The van der Waals surface area contributed by atoms with Gasteiger partial charge in [-0.25, -0.2) is 4.79 Å². The number of nitrogens with one attached hydrogen (secondary N) is 4. The van der Waals surface area contributed by atoms with E-state index in [1.807, 2.05) is 0 Å². The van der Waals surface area contributed by atoms with Gasteiger partial charge in [0.2, 0.25) is 17.7 Å². The average molecular weight is 481 g/mol. The van der Waals surface area contributed by atoms with E-state index in [1.54, 1.807) is 20.8 Å². The van der Waals surface area contributed by atoms with Gasteiger partial charge in [-0.15, -0.1) is 0 Å². The van der Waals surface area contributed by atoms with E-state index in [9.17, 15) is 34.1 Å². The number of benzene rings is 1. The summed E-state index contributed by atoms with van der Waals surface area (Å²) in [7, 11) is 0. The second kappa shape index (κ2) is 12.7. The van der Waals surface area contributed by atoms with E-state index < -0.39 is 66.0 Å². The van der Waals surface area contributed by atoms with Gasteiger partial charge in [0.15, 0.2) is 0 Å². The summed E-state index contributed by atoms with van der Waals surface area (Å²) in [6.07, 6.45) is -0.934. The molecule has 0 saturated carbocycles. The Kier molecular flexibility index (Phi) is 10.4. The van der Waals surface area contributed by atoms with Crippen molar-refractivity contribution >= 4 is 35.5 Å². The minimum atomic E-state index is -1.25. The van der Waals surface area contributed by atoms with Crippen LogP contribution >= 0.6 is 0 Å². The number of non-ortho nitro benzene ring substituents is 1. The summed E-state index contributed by atoms with van der Waals surface area (Å²) in [6, 6.07) is 4.18. The third kappa shape index (κ3) is 11.4. The second-order valence-corrected chi connectivity index (χ2v) is 7.99. The van der Waals surface area contributed by atoms with E-state index in [2.05, 4.69) is 21.3 Å². The highest BCUT2D eigenvalue weighted by atomic mass is 16.6. The van der Waals surface area contributed by atoms with Crippen molar-refractivity contribution in [2.75, 3.05) is 19.6 Å². The van der Waals surface area contributed by atoms with Crippen molar-refractivity contribution in [1.82, 2.24) is 21.3 Å². The molecule has 0 aliphatic rings. The number of rotatable bonds is 11. The van der Waals surface area contributed by atoms with Crippen LogP contribution in [0.25, 0.3) is 0 Å².